The Kier molecular flexibility index (Phi) is 8.25. The SMILES string of the molecule is CC1(C)CCC(NC(=O)c2ccc(-c3cc(C(F)(F)F)c4oc(CNC(=O)/C=C/c5ccc(N)nc5)cc4c3)nc2)CC1. The number of halogens is 3. The normalized spacial score (nSPS) is 15.6. The van der Waals surface area contributed by atoms with Crippen molar-refractivity contribution in [1.29, 1.82) is 0 Å². The largest absolute Gasteiger partial charge is 0.459 e. The molecule has 4 N–H and O–H groups in total. The summed E-state index contributed by atoms with van der Waals surface area (Å²) in [6.45, 7) is 4.32. The number of furan rings is 1. The Morgan fingerprint density at radius 3 is 2.49 bits per heavy atom. The van der Waals surface area contributed by atoms with Crippen molar-refractivity contribution in [3.63, 3.8) is 0 Å². The van der Waals surface area contributed by atoms with E-state index in [1.54, 1.807) is 24.3 Å². The number of hydrogen-bond donors (Lipinski definition) is 3. The molecular weight excluding hydrogens is 559 g/mol. The first kappa shape index (κ1) is 29.8. The monoisotopic (exact) mass is 591 g/mol. The number of pyridine rings is 2. The molecule has 0 radical (unpaired) electrons. The van der Waals surface area contributed by atoms with E-state index in [-0.39, 0.29) is 51.9 Å². The van der Waals surface area contributed by atoms with Gasteiger partial charge < -0.3 is 20.8 Å². The van der Waals surface area contributed by atoms with Crippen molar-refractivity contribution in [3.05, 3.63) is 83.4 Å². The first-order valence-electron chi connectivity index (χ1n) is 13.9. The predicted octanol–water partition coefficient (Wildman–Crippen LogP) is 6.52. The standard InChI is InChI=1S/C32H32F3N5O3/c1-31(2)11-9-23(10-12-31)40-30(42)20-5-6-26(37-17-20)21-13-22-14-24(43-29(22)25(15-21)32(33,34)35)18-39-28(41)8-4-19-3-7-27(36)38-16-19/h3-8,13-17,23H,9-12,18H2,1-2H3,(H2,36,38)(H,39,41)(H,40,42)/b8-4+. The van der Waals surface area contributed by atoms with Gasteiger partial charge >= 0.3 is 6.18 Å². The molecule has 1 aromatic carbocycles. The van der Waals surface area contributed by atoms with Gasteiger partial charge in [-0.05, 0) is 85.2 Å². The molecule has 0 atom stereocenters. The van der Waals surface area contributed by atoms with Gasteiger partial charge in [-0.1, -0.05) is 13.8 Å². The van der Waals surface area contributed by atoms with Crippen molar-refractivity contribution in [2.75, 3.05) is 5.73 Å². The van der Waals surface area contributed by atoms with E-state index in [1.807, 2.05) is 0 Å². The van der Waals surface area contributed by atoms with Crippen LogP contribution in [0, 0.1) is 5.41 Å². The minimum atomic E-state index is -4.70. The van der Waals surface area contributed by atoms with Gasteiger partial charge in [0.2, 0.25) is 5.91 Å². The fraction of sp³-hybridized carbons (Fsp3) is 0.312. The quantitative estimate of drug-likeness (QED) is 0.210. The Morgan fingerprint density at radius 1 is 1.07 bits per heavy atom. The first-order chi connectivity index (χ1) is 20.4. The van der Waals surface area contributed by atoms with Crippen LogP contribution in [-0.4, -0.2) is 27.8 Å². The Bertz CT molecular complexity index is 1650. The third-order valence-electron chi connectivity index (χ3n) is 7.64. The van der Waals surface area contributed by atoms with Gasteiger partial charge in [0.15, 0.2) is 0 Å². The van der Waals surface area contributed by atoms with Gasteiger partial charge in [-0.15, -0.1) is 0 Å². The number of carbonyl (C=O) groups excluding carboxylic acids is 2. The van der Waals surface area contributed by atoms with E-state index in [1.165, 1.54) is 36.7 Å². The van der Waals surface area contributed by atoms with E-state index in [9.17, 15) is 22.8 Å². The molecule has 3 aromatic heterocycles. The Hall–Kier alpha value is -4.67. The van der Waals surface area contributed by atoms with Gasteiger partial charge in [-0.25, -0.2) is 4.98 Å². The van der Waals surface area contributed by atoms with Crippen molar-refractivity contribution in [2.45, 2.75) is 58.3 Å². The summed E-state index contributed by atoms with van der Waals surface area (Å²) < 4.78 is 47.6. The minimum Gasteiger partial charge on any atom is -0.459 e. The second kappa shape index (κ2) is 11.9. The summed E-state index contributed by atoms with van der Waals surface area (Å²) in [6.07, 6.45) is 4.85. The molecule has 5 rings (SSSR count). The van der Waals surface area contributed by atoms with Crippen LogP contribution < -0.4 is 16.4 Å². The maximum atomic E-state index is 14.0. The van der Waals surface area contributed by atoms with Crippen molar-refractivity contribution in [1.82, 2.24) is 20.6 Å². The highest BCUT2D eigenvalue weighted by molar-refractivity contribution is 5.95. The summed E-state index contributed by atoms with van der Waals surface area (Å²) >= 11 is 0. The van der Waals surface area contributed by atoms with Crippen molar-refractivity contribution < 1.29 is 27.2 Å². The summed E-state index contributed by atoms with van der Waals surface area (Å²) in [5.74, 6) is -0.215. The average Bonchev–Trinajstić information content (AvgIpc) is 3.39. The lowest BCUT2D eigenvalue weighted by Gasteiger charge is -2.34. The molecule has 0 unspecified atom stereocenters. The number of fused-ring (bicyclic) bond motifs is 1. The molecule has 11 heteroatoms. The highest BCUT2D eigenvalue weighted by Crippen LogP contribution is 2.39. The number of carbonyl (C=O) groups is 2. The molecule has 0 spiro atoms. The molecule has 43 heavy (non-hydrogen) atoms. The number of nitrogens with zero attached hydrogens (tertiary/aromatic N) is 2. The van der Waals surface area contributed by atoms with E-state index in [2.05, 4.69) is 34.4 Å². The molecule has 4 aromatic rings. The van der Waals surface area contributed by atoms with Crippen molar-refractivity contribution in [3.8, 4) is 11.3 Å². The number of alkyl halides is 3. The smallest absolute Gasteiger partial charge is 0.420 e. The second-order valence-corrected chi connectivity index (χ2v) is 11.6. The van der Waals surface area contributed by atoms with Crippen LogP contribution in [0.25, 0.3) is 28.3 Å². The molecule has 0 bridgehead atoms. The van der Waals surface area contributed by atoms with Crippen molar-refractivity contribution >= 4 is 34.7 Å². The maximum Gasteiger partial charge on any atom is 0.420 e. The van der Waals surface area contributed by atoms with Crippen LogP contribution in [0.15, 0.2) is 65.4 Å². The topological polar surface area (TPSA) is 123 Å². The number of nitrogen functional groups attached to an aromatic ring is 1. The van der Waals surface area contributed by atoms with Crippen LogP contribution in [0.5, 0.6) is 0 Å². The van der Waals surface area contributed by atoms with Crippen LogP contribution in [-0.2, 0) is 17.5 Å². The average molecular weight is 592 g/mol. The van der Waals surface area contributed by atoms with Crippen LogP contribution in [0.1, 0.15) is 66.8 Å². The van der Waals surface area contributed by atoms with Gasteiger partial charge in [-0.2, -0.15) is 13.2 Å². The molecule has 1 saturated carbocycles. The third kappa shape index (κ3) is 7.40. The molecule has 0 aliphatic heterocycles. The van der Waals surface area contributed by atoms with Crippen molar-refractivity contribution in [2.24, 2.45) is 5.41 Å². The van der Waals surface area contributed by atoms with Gasteiger partial charge in [0, 0.05) is 35.5 Å². The zero-order valence-corrected chi connectivity index (χ0v) is 23.8. The van der Waals surface area contributed by atoms with Gasteiger partial charge in [0.25, 0.3) is 5.91 Å². The van der Waals surface area contributed by atoms with E-state index >= 15 is 0 Å². The number of rotatable bonds is 7. The summed E-state index contributed by atoms with van der Waals surface area (Å²) in [5, 5.41) is 5.85. The zero-order valence-electron chi connectivity index (χ0n) is 23.8. The molecule has 224 valence electrons. The minimum absolute atomic E-state index is 0.0917. The maximum absolute atomic E-state index is 14.0. The molecule has 2 amide bonds. The van der Waals surface area contributed by atoms with Gasteiger partial charge in [-0.3, -0.25) is 14.6 Å². The molecule has 1 aliphatic carbocycles. The number of hydrogen-bond acceptors (Lipinski definition) is 6. The van der Waals surface area contributed by atoms with E-state index in [4.69, 9.17) is 10.2 Å². The fourth-order valence-electron chi connectivity index (χ4n) is 5.08. The van der Waals surface area contributed by atoms with Crippen LogP contribution in [0.2, 0.25) is 0 Å². The van der Waals surface area contributed by atoms with Crippen LogP contribution in [0.3, 0.4) is 0 Å². The molecule has 1 fully saturated rings. The Labute approximate surface area is 246 Å². The summed E-state index contributed by atoms with van der Waals surface area (Å²) in [7, 11) is 0. The number of nitrogens with one attached hydrogen (secondary N) is 2. The highest BCUT2D eigenvalue weighted by Gasteiger charge is 2.35. The lowest BCUT2D eigenvalue weighted by atomic mass is 9.75. The number of nitrogens with two attached hydrogens (primary N) is 1. The zero-order chi connectivity index (χ0) is 30.8. The summed E-state index contributed by atoms with van der Waals surface area (Å²) in [6, 6.07) is 10.4. The number of aromatic nitrogens is 2. The number of anilines is 1. The molecule has 1 aliphatic rings. The lowest BCUT2D eigenvalue weighted by molar-refractivity contribution is -0.136. The number of benzene rings is 1. The van der Waals surface area contributed by atoms with Crippen LogP contribution in [0.4, 0.5) is 19.0 Å². The van der Waals surface area contributed by atoms with E-state index in [0.717, 1.165) is 31.7 Å². The Morgan fingerprint density at radius 2 is 1.84 bits per heavy atom. The molecule has 0 saturated heterocycles. The van der Waals surface area contributed by atoms with Gasteiger partial charge in [0.1, 0.15) is 17.2 Å². The third-order valence-corrected chi connectivity index (χ3v) is 7.64. The van der Waals surface area contributed by atoms with Gasteiger partial charge in [0.05, 0.1) is 23.4 Å². The van der Waals surface area contributed by atoms with E-state index in [0.29, 0.717) is 16.9 Å². The number of amides is 2. The molecular formula is C32H32F3N5O3. The summed E-state index contributed by atoms with van der Waals surface area (Å²) in [4.78, 5) is 33.2. The fourth-order valence-corrected chi connectivity index (χ4v) is 5.08. The predicted molar refractivity (Wildman–Crippen MR) is 157 cm³/mol. The van der Waals surface area contributed by atoms with E-state index < -0.39 is 17.6 Å². The summed E-state index contributed by atoms with van der Waals surface area (Å²) in [5.41, 5.74) is 6.02. The second-order valence-electron chi connectivity index (χ2n) is 11.6. The first-order valence-corrected chi connectivity index (χ1v) is 13.9. The molecule has 8 nitrogen and oxygen atoms in total. The van der Waals surface area contributed by atoms with Crippen LogP contribution >= 0.6 is 0 Å². The lowest BCUT2D eigenvalue weighted by Crippen LogP contribution is -2.39. The highest BCUT2D eigenvalue weighted by atomic mass is 19.4. The molecule has 3 heterocycles. The Balaban J connectivity index is 1.30.